The molecule has 10 aromatic carbocycles. The molecule has 0 radical (unpaired) electrons. The normalized spacial score (nSPS) is 14.4. The molecule has 0 atom stereocenters. The molecule has 3 heteroatoms. The van der Waals surface area contributed by atoms with Crippen molar-refractivity contribution in [3.8, 4) is 44.5 Å². The van der Waals surface area contributed by atoms with E-state index in [1.54, 1.807) is 0 Å². The van der Waals surface area contributed by atoms with Gasteiger partial charge in [0.05, 0.1) is 22.2 Å². The fourth-order valence-corrected chi connectivity index (χ4v) is 12.6. The van der Waals surface area contributed by atoms with Crippen LogP contribution in [0.25, 0.3) is 88.4 Å². The molecule has 0 N–H and O–H groups in total. The number of hydrogen-bond donors (Lipinski definition) is 0. The number of furan rings is 2. The van der Waals surface area contributed by atoms with Crippen LogP contribution in [0, 0.1) is 0 Å². The zero-order chi connectivity index (χ0) is 44.2. The number of anilines is 3. The van der Waals surface area contributed by atoms with Gasteiger partial charge in [-0.2, -0.15) is 0 Å². The summed E-state index contributed by atoms with van der Waals surface area (Å²) in [5.74, 6) is 0. The fourth-order valence-electron chi connectivity index (χ4n) is 12.6. The van der Waals surface area contributed by atoms with Crippen LogP contribution in [0.15, 0.2) is 221 Å². The molecule has 2 aromatic heterocycles. The van der Waals surface area contributed by atoms with Crippen LogP contribution < -0.4 is 4.90 Å². The Balaban J connectivity index is 1.02. The molecule has 314 valence electrons. The Morgan fingerprint density at radius 3 is 1.66 bits per heavy atom. The molecule has 0 fully saturated rings. The van der Waals surface area contributed by atoms with E-state index in [1.165, 1.54) is 72.3 Å². The zero-order valence-corrected chi connectivity index (χ0v) is 37.0. The van der Waals surface area contributed by atoms with Crippen LogP contribution in [0.1, 0.15) is 47.2 Å². The zero-order valence-electron chi connectivity index (χ0n) is 37.0. The highest BCUT2D eigenvalue weighted by Crippen LogP contribution is 2.65. The van der Waals surface area contributed by atoms with E-state index >= 15 is 0 Å². The van der Waals surface area contributed by atoms with Gasteiger partial charge in [0, 0.05) is 32.8 Å². The molecular weight excluding hydrogens is 815 g/mol. The standard InChI is InChI=1S/C64H41NO2/c1-63(2)49-22-10-6-18-41(49)44-32-31-40(35-54(44)63)65(55-27-14-26-53-61(55)45-21-9-13-25-52(45)64(53)50-23-11-7-19-42(50)43-20-8-12-24-51(43)64)56-28-15-29-58-62(56)48-37-59-47(36-60(48)67-58)46-34-39(30-33-57(46)66-59)38-16-4-3-5-17-38/h3-37H,1-2H3. The maximum atomic E-state index is 6.94. The summed E-state index contributed by atoms with van der Waals surface area (Å²) < 4.78 is 13.6. The summed E-state index contributed by atoms with van der Waals surface area (Å²) in [5, 5.41) is 4.17. The van der Waals surface area contributed by atoms with Gasteiger partial charge >= 0.3 is 0 Å². The SMILES string of the molecule is CC1(C)c2ccccc2-c2ccc(N(c3cccc4c3-c3ccccc3C43c4ccccc4-c4ccccc43)c3cccc4oc5cc6c(cc5c34)oc3ccc(-c4ccccc4)cc36)cc21. The summed E-state index contributed by atoms with van der Waals surface area (Å²) in [5.41, 5.74) is 23.9. The Morgan fingerprint density at radius 1 is 0.343 bits per heavy atom. The first-order chi connectivity index (χ1) is 33.0. The minimum Gasteiger partial charge on any atom is -0.456 e. The first-order valence-electron chi connectivity index (χ1n) is 23.3. The predicted molar refractivity (Wildman–Crippen MR) is 275 cm³/mol. The quantitative estimate of drug-likeness (QED) is 0.177. The Hall–Kier alpha value is -8.40. The van der Waals surface area contributed by atoms with Gasteiger partial charge in [0.2, 0.25) is 0 Å². The molecule has 0 saturated carbocycles. The van der Waals surface area contributed by atoms with E-state index in [4.69, 9.17) is 8.83 Å². The first-order valence-corrected chi connectivity index (χ1v) is 23.3. The highest BCUT2D eigenvalue weighted by atomic mass is 16.3. The summed E-state index contributed by atoms with van der Waals surface area (Å²) in [7, 11) is 0. The van der Waals surface area contributed by atoms with Crippen LogP contribution in [-0.4, -0.2) is 0 Å². The number of benzene rings is 10. The van der Waals surface area contributed by atoms with Gasteiger partial charge < -0.3 is 13.7 Å². The molecule has 3 aliphatic carbocycles. The Morgan fingerprint density at radius 2 is 0.896 bits per heavy atom. The Kier molecular flexibility index (Phi) is 7.22. The molecule has 0 amide bonds. The van der Waals surface area contributed by atoms with Gasteiger partial charge in [-0.1, -0.05) is 172 Å². The molecule has 2 heterocycles. The first kappa shape index (κ1) is 36.9. The van der Waals surface area contributed by atoms with Crippen LogP contribution in [0.4, 0.5) is 17.1 Å². The van der Waals surface area contributed by atoms with Crippen LogP contribution in [0.3, 0.4) is 0 Å². The van der Waals surface area contributed by atoms with E-state index in [9.17, 15) is 0 Å². The van der Waals surface area contributed by atoms with E-state index < -0.39 is 5.41 Å². The molecule has 67 heavy (non-hydrogen) atoms. The van der Waals surface area contributed by atoms with Crippen molar-refractivity contribution in [1.29, 1.82) is 0 Å². The van der Waals surface area contributed by atoms with Crippen LogP contribution in [-0.2, 0) is 10.8 Å². The molecule has 1 spiro atoms. The van der Waals surface area contributed by atoms with Gasteiger partial charge in [0.15, 0.2) is 0 Å². The van der Waals surface area contributed by atoms with E-state index in [0.29, 0.717) is 0 Å². The maximum Gasteiger partial charge on any atom is 0.137 e. The van der Waals surface area contributed by atoms with Crippen molar-refractivity contribution in [3.63, 3.8) is 0 Å². The average molecular weight is 856 g/mol. The van der Waals surface area contributed by atoms with Crippen molar-refractivity contribution in [2.75, 3.05) is 4.90 Å². The molecule has 0 aliphatic heterocycles. The highest BCUT2D eigenvalue weighted by molar-refractivity contribution is 6.19. The summed E-state index contributed by atoms with van der Waals surface area (Å²) in [6.45, 7) is 4.74. The molecule has 15 rings (SSSR count). The molecule has 12 aromatic rings. The lowest BCUT2D eigenvalue weighted by molar-refractivity contribution is 0.660. The molecule has 0 bridgehead atoms. The average Bonchev–Trinajstić information content (AvgIpc) is 4.15. The van der Waals surface area contributed by atoms with Gasteiger partial charge in [-0.15, -0.1) is 0 Å². The molecule has 0 saturated heterocycles. The van der Waals surface area contributed by atoms with Crippen molar-refractivity contribution < 1.29 is 8.83 Å². The maximum absolute atomic E-state index is 6.94. The molecule has 3 nitrogen and oxygen atoms in total. The largest absolute Gasteiger partial charge is 0.456 e. The van der Waals surface area contributed by atoms with Crippen molar-refractivity contribution in [1.82, 2.24) is 0 Å². The number of rotatable bonds is 4. The minimum atomic E-state index is -0.482. The highest BCUT2D eigenvalue weighted by Gasteiger charge is 2.52. The summed E-state index contributed by atoms with van der Waals surface area (Å²) in [4.78, 5) is 2.52. The third-order valence-electron chi connectivity index (χ3n) is 15.5. The van der Waals surface area contributed by atoms with E-state index in [2.05, 4.69) is 231 Å². The van der Waals surface area contributed by atoms with Crippen molar-refractivity contribution in [2.24, 2.45) is 0 Å². The van der Waals surface area contributed by atoms with Crippen LogP contribution >= 0.6 is 0 Å². The van der Waals surface area contributed by atoms with Crippen molar-refractivity contribution in [2.45, 2.75) is 24.7 Å². The van der Waals surface area contributed by atoms with Gasteiger partial charge in [-0.25, -0.2) is 0 Å². The van der Waals surface area contributed by atoms with Crippen molar-refractivity contribution >= 4 is 60.9 Å². The minimum absolute atomic E-state index is 0.193. The molecule has 3 aliphatic rings. The Labute approximate surface area is 387 Å². The van der Waals surface area contributed by atoms with Crippen LogP contribution in [0.5, 0.6) is 0 Å². The van der Waals surface area contributed by atoms with Gasteiger partial charge in [-0.3, -0.25) is 0 Å². The lowest BCUT2D eigenvalue weighted by atomic mass is 9.70. The second kappa shape index (κ2) is 13.1. The Bertz CT molecular complexity index is 4040. The van der Waals surface area contributed by atoms with Crippen LogP contribution in [0.2, 0.25) is 0 Å². The van der Waals surface area contributed by atoms with Gasteiger partial charge in [-0.05, 0) is 127 Å². The summed E-state index contributed by atoms with van der Waals surface area (Å²) in [6, 6.07) is 78.2. The third kappa shape index (κ3) is 4.75. The number of hydrogen-bond acceptors (Lipinski definition) is 3. The lowest BCUT2D eigenvalue weighted by Crippen LogP contribution is -2.26. The van der Waals surface area contributed by atoms with Crippen molar-refractivity contribution in [3.05, 3.63) is 246 Å². The van der Waals surface area contributed by atoms with E-state index in [-0.39, 0.29) is 5.41 Å². The van der Waals surface area contributed by atoms with Gasteiger partial charge in [0.1, 0.15) is 22.3 Å². The smallest absolute Gasteiger partial charge is 0.137 e. The monoisotopic (exact) mass is 855 g/mol. The third-order valence-corrected chi connectivity index (χ3v) is 15.5. The predicted octanol–water partition coefficient (Wildman–Crippen LogP) is 17.3. The second-order valence-electron chi connectivity index (χ2n) is 19.1. The molecular formula is C64H41NO2. The van der Waals surface area contributed by atoms with Gasteiger partial charge in [0.25, 0.3) is 0 Å². The number of fused-ring (bicyclic) bond motifs is 19. The fraction of sp³-hybridized carbons (Fsp3) is 0.0625. The summed E-state index contributed by atoms with van der Waals surface area (Å²) in [6.07, 6.45) is 0. The second-order valence-corrected chi connectivity index (χ2v) is 19.1. The molecule has 0 unspecified atom stereocenters. The number of nitrogens with zero attached hydrogens (tertiary/aromatic N) is 1. The van der Waals surface area contributed by atoms with E-state index in [0.717, 1.165) is 66.5 Å². The summed E-state index contributed by atoms with van der Waals surface area (Å²) >= 11 is 0. The topological polar surface area (TPSA) is 29.5 Å². The van der Waals surface area contributed by atoms with E-state index in [1.807, 2.05) is 0 Å². The lowest BCUT2D eigenvalue weighted by Gasteiger charge is -2.32.